The highest BCUT2D eigenvalue weighted by Crippen LogP contribution is 2.32. The Morgan fingerprint density at radius 1 is 1.18 bits per heavy atom. The minimum absolute atomic E-state index is 0.116. The van der Waals surface area contributed by atoms with Gasteiger partial charge in [-0.2, -0.15) is 0 Å². The number of nitrogens with zero attached hydrogens (tertiary/aromatic N) is 2. The molecule has 170 valence electrons. The Morgan fingerprint density at radius 2 is 1.97 bits per heavy atom. The van der Waals surface area contributed by atoms with Crippen LogP contribution in [0.5, 0.6) is 5.75 Å². The fourth-order valence-corrected chi connectivity index (χ4v) is 5.28. The lowest BCUT2D eigenvalue weighted by atomic mass is 10.1. The van der Waals surface area contributed by atoms with Crippen molar-refractivity contribution in [2.75, 3.05) is 12.4 Å². The van der Waals surface area contributed by atoms with Crippen molar-refractivity contribution in [2.45, 2.75) is 32.1 Å². The van der Waals surface area contributed by atoms with Gasteiger partial charge in [0.15, 0.2) is 5.17 Å². The molecule has 2 heterocycles. The first-order chi connectivity index (χ1) is 15.9. The van der Waals surface area contributed by atoms with E-state index in [0.29, 0.717) is 17.4 Å². The summed E-state index contributed by atoms with van der Waals surface area (Å²) >= 11 is 2.91. The third kappa shape index (κ3) is 5.64. The van der Waals surface area contributed by atoms with E-state index >= 15 is 0 Å². The molecular weight excluding hydrogens is 454 g/mol. The molecule has 1 aliphatic rings. The smallest absolute Gasteiger partial charge is 0.238 e. The highest BCUT2D eigenvalue weighted by Gasteiger charge is 2.36. The molecule has 4 rings (SSSR count). The second-order valence-electron chi connectivity index (χ2n) is 7.77. The number of ether oxygens (including phenoxy) is 1. The van der Waals surface area contributed by atoms with Gasteiger partial charge in [0.05, 0.1) is 19.3 Å². The molecule has 33 heavy (non-hydrogen) atoms. The summed E-state index contributed by atoms with van der Waals surface area (Å²) in [5, 5.41) is 4.93. The van der Waals surface area contributed by atoms with Crippen molar-refractivity contribution >= 4 is 51.5 Å². The van der Waals surface area contributed by atoms with E-state index in [0.717, 1.165) is 27.4 Å². The zero-order valence-electron chi connectivity index (χ0n) is 18.7. The second-order valence-corrected chi connectivity index (χ2v) is 9.97. The van der Waals surface area contributed by atoms with Crippen molar-refractivity contribution < 1.29 is 14.3 Å². The number of benzene rings is 2. The van der Waals surface area contributed by atoms with E-state index in [1.54, 1.807) is 23.3 Å². The molecule has 0 saturated carbocycles. The molecule has 2 amide bonds. The van der Waals surface area contributed by atoms with Gasteiger partial charge >= 0.3 is 0 Å². The van der Waals surface area contributed by atoms with Gasteiger partial charge in [-0.25, -0.2) is 4.99 Å². The number of nitrogens with one attached hydrogen (secondary N) is 1. The third-order valence-corrected chi connectivity index (χ3v) is 7.31. The molecule has 1 aromatic heterocycles. The summed E-state index contributed by atoms with van der Waals surface area (Å²) in [6, 6.07) is 17.1. The van der Waals surface area contributed by atoms with E-state index < -0.39 is 5.25 Å². The van der Waals surface area contributed by atoms with E-state index in [-0.39, 0.29) is 18.2 Å². The molecule has 0 aliphatic carbocycles. The van der Waals surface area contributed by atoms with Crippen LogP contribution in [0, 0.1) is 13.8 Å². The Bertz CT molecular complexity index is 1170. The van der Waals surface area contributed by atoms with E-state index in [4.69, 9.17) is 9.73 Å². The normalized spacial score (nSPS) is 17.3. The summed E-state index contributed by atoms with van der Waals surface area (Å²) in [5.41, 5.74) is 3.57. The minimum Gasteiger partial charge on any atom is -0.497 e. The quantitative estimate of drug-likeness (QED) is 0.504. The average Bonchev–Trinajstić information content (AvgIpc) is 3.31. The average molecular weight is 480 g/mol. The van der Waals surface area contributed by atoms with Gasteiger partial charge in [-0.15, -0.1) is 11.3 Å². The van der Waals surface area contributed by atoms with E-state index in [1.807, 2.05) is 73.8 Å². The van der Waals surface area contributed by atoms with Crippen LogP contribution in [-0.2, 0) is 16.1 Å². The van der Waals surface area contributed by atoms with Gasteiger partial charge in [0, 0.05) is 17.0 Å². The lowest BCUT2D eigenvalue weighted by Gasteiger charge is -2.31. The van der Waals surface area contributed by atoms with Gasteiger partial charge in [0.25, 0.3) is 0 Å². The third-order valence-electron chi connectivity index (χ3n) is 5.26. The standard InChI is InChI=1S/C25H25N3O3S2/c1-16-6-11-21(17(2)13-16)27-24(30)22-14-23(29)28(15-20-5-4-12-32-20)25(33-22)26-18-7-9-19(31-3)10-8-18/h4-13,22H,14-15H2,1-3H3,(H,27,30). The molecule has 3 aromatic rings. The molecule has 8 heteroatoms. The fourth-order valence-electron chi connectivity index (χ4n) is 3.49. The van der Waals surface area contributed by atoms with Crippen LogP contribution < -0.4 is 10.1 Å². The van der Waals surface area contributed by atoms with Crippen LogP contribution in [0.25, 0.3) is 0 Å². The van der Waals surface area contributed by atoms with Crippen LogP contribution in [-0.4, -0.2) is 34.2 Å². The minimum atomic E-state index is -0.560. The summed E-state index contributed by atoms with van der Waals surface area (Å²) in [5.74, 6) is 0.418. The number of thioether (sulfide) groups is 1. The number of aryl methyl sites for hydroxylation is 2. The predicted octanol–water partition coefficient (Wildman–Crippen LogP) is 5.53. The fraction of sp³-hybridized carbons (Fsp3) is 0.240. The molecule has 0 spiro atoms. The van der Waals surface area contributed by atoms with Gasteiger partial charge in [-0.05, 0) is 61.2 Å². The Morgan fingerprint density at radius 3 is 2.64 bits per heavy atom. The molecule has 1 aliphatic heterocycles. The van der Waals surface area contributed by atoms with Crippen molar-refractivity contribution in [3.05, 3.63) is 76.0 Å². The number of aliphatic imine (C=N–C) groups is 1. The number of carbonyl (C=O) groups is 2. The van der Waals surface area contributed by atoms with Crippen LogP contribution in [0.2, 0.25) is 0 Å². The maximum absolute atomic E-state index is 13.1. The molecule has 0 radical (unpaired) electrons. The molecule has 1 fully saturated rings. The summed E-state index contributed by atoms with van der Waals surface area (Å²) in [4.78, 5) is 33.7. The van der Waals surface area contributed by atoms with E-state index in [1.165, 1.54) is 11.8 Å². The van der Waals surface area contributed by atoms with Crippen LogP contribution >= 0.6 is 23.1 Å². The topological polar surface area (TPSA) is 71.0 Å². The summed E-state index contributed by atoms with van der Waals surface area (Å²) < 4.78 is 5.22. The molecule has 0 bridgehead atoms. The van der Waals surface area contributed by atoms with Crippen molar-refractivity contribution in [3.63, 3.8) is 0 Å². The number of rotatable bonds is 6. The number of hydrogen-bond donors (Lipinski definition) is 1. The van der Waals surface area contributed by atoms with Gasteiger partial charge < -0.3 is 10.1 Å². The number of thiophene rings is 1. The van der Waals surface area contributed by atoms with Crippen LogP contribution in [0.3, 0.4) is 0 Å². The van der Waals surface area contributed by atoms with Gasteiger partial charge in [-0.3, -0.25) is 14.5 Å². The summed E-state index contributed by atoms with van der Waals surface area (Å²) in [7, 11) is 1.61. The summed E-state index contributed by atoms with van der Waals surface area (Å²) in [6.45, 7) is 4.41. The van der Waals surface area contributed by atoms with Crippen molar-refractivity contribution in [2.24, 2.45) is 4.99 Å². The maximum atomic E-state index is 13.1. The zero-order valence-corrected chi connectivity index (χ0v) is 20.3. The largest absolute Gasteiger partial charge is 0.497 e. The lowest BCUT2D eigenvalue weighted by Crippen LogP contribution is -2.44. The highest BCUT2D eigenvalue weighted by atomic mass is 32.2. The number of amides is 2. The molecule has 6 nitrogen and oxygen atoms in total. The first kappa shape index (κ1) is 23.1. The molecule has 1 unspecified atom stereocenters. The van der Waals surface area contributed by atoms with Crippen molar-refractivity contribution in [1.29, 1.82) is 0 Å². The number of anilines is 1. The molecule has 1 saturated heterocycles. The van der Waals surface area contributed by atoms with Crippen molar-refractivity contribution in [3.8, 4) is 5.75 Å². The Hall–Kier alpha value is -3.10. The number of methoxy groups -OCH3 is 1. The molecular formula is C25H25N3O3S2. The van der Waals surface area contributed by atoms with E-state index in [9.17, 15) is 9.59 Å². The predicted molar refractivity (Wildman–Crippen MR) is 135 cm³/mol. The molecule has 1 N–H and O–H groups in total. The van der Waals surface area contributed by atoms with Crippen LogP contribution in [0.1, 0.15) is 22.4 Å². The van der Waals surface area contributed by atoms with Crippen LogP contribution in [0.15, 0.2) is 65.0 Å². The Kier molecular flexibility index (Phi) is 7.15. The first-order valence-corrected chi connectivity index (χ1v) is 12.3. The van der Waals surface area contributed by atoms with Gasteiger partial charge in [0.1, 0.15) is 11.0 Å². The van der Waals surface area contributed by atoms with Crippen LogP contribution in [0.4, 0.5) is 11.4 Å². The number of amidine groups is 1. The Labute approximate surface area is 201 Å². The highest BCUT2D eigenvalue weighted by molar-refractivity contribution is 8.15. The van der Waals surface area contributed by atoms with E-state index in [2.05, 4.69) is 5.32 Å². The van der Waals surface area contributed by atoms with Crippen molar-refractivity contribution in [1.82, 2.24) is 4.90 Å². The van der Waals surface area contributed by atoms with Gasteiger partial charge in [-0.1, -0.05) is 35.5 Å². The maximum Gasteiger partial charge on any atom is 0.238 e. The first-order valence-electron chi connectivity index (χ1n) is 10.5. The molecule has 2 aromatic carbocycles. The lowest BCUT2D eigenvalue weighted by molar-refractivity contribution is -0.129. The second kappa shape index (κ2) is 10.2. The Balaban J connectivity index is 1.59. The summed E-state index contributed by atoms with van der Waals surface area (Å²) in [6.07, 6.45) is 0.119. The number of hydrogen-bond acceptors (Lipinski definition) is 6. The molecule has 1 atom stereocenters. The SMILES string of the molecule is COc1ccc(N=C2SC(C(=O)Nc3ccc(C)cc3C)CC(=O)N2Cc2cccs2)cc1. The van der Waals surface area contributed by atoms with Gasteiger partial charge in [0.2, 0.25) is 11.8 Å². The zero-order chi connectivity index (χ0) is 23.4. The number of carbonyl (C=O) groups excluding carboxylic acids is 2. The monoisotopic (exact) mass is 479 g/mol.